The van der Waals surface area contributed by atoms with E-state index in [1.54, 1.807) is 7.11 Å². The Hall–Kier alpha value is -1.67. The third kappa shape index (κ3) is 4.73. The molecule has 3 rings (SSSR count). The van der Waals surface area contributed by atoms with E-state index in [0.29, 0.717) is 19.7 Å². The van der Waals surface area contributed by atoms with Crippen LogP contribution in [0.25, 0.3) is 0 Å². The number of benzene rings is 1. The SMILES string of the molecule is COc1ccc(C(CNC(=O)[C@H]2NCCO[C@@H]2C)N2CCOCC2)cc1. The fraction of sp³-hybridized carbons (Fsp3) is 0.632. The van der Waals surface area contributed by atoms with Crippen molar-refractivity contribution in [1.82, 2.24) is 15.5 Å². The van der Waals surface area contributed by atoms with E-state index in [9.17, 15) is 4.79 Å². The number of nitrogens with one attached hydrogen (secondary N) is 2. The van der Waals surface area contributed by atoms with Gasteiger partial charge < -0.3 is 24.8 Å². The molecule has 2 aliphatic heterocycles. The highest BCUT2D eigenvalue weighted by Gasteiger charge is 2.30. The van der Waals surface area contributed by atoms with E-state index in [-0.39, 0.29) is 24.1 Å². The Bertz CT molecular complexity index is 575. The van der Waals surface area contributed by atoms with Gasteiger partial charge >= 0.3 is 0 Å². The first-order valence-electron chi connectivity index (χ1n) is 9.27. The molecule has 2 N–H and O–H groups in total. The lowest BCUT2D eigenvalue weighted by atomic mass is 10.0. The molecule has 1 aromatic carbocycles. The van der Waals surface area contributed by atoms with Crippen LogP contribution in [0.4, 0.5) is 0 Å². The van der Waals surface area contributed by atoms with Crippen LogP contribution < -0.4 is 15.4 Å². The summed E-state index contributed by atoms with van der Waals surface area (Å²) in [6.45, 7) is 6.98. The summed E-state index contributed by atoms with van der Waals surface area (Å²) in [6.07, 6.45) is -0.119. The van der Waals surface area contributed by atoms with Crippen LogP contribution in [0.2, 0.25) is 0 Å². The largest absolute Gasteiger partial charge is 0.497 e. The van der Waals surface area contributed by atoms with Gasteiger partial charge in [0.15, 0.2) is 0 Å². The monoisotopic (exact) mass is 363 g/mol. The van der Waals surface area contributed by atoms with Crippen molar-refractivity contribution in [1.29, 1.82) is 0 Å². The van der Waals surface area contributed by atoms with Crippen LogP contribution in [0.3, 0.4) is 0 Å². The first-order valence-corrected chi connectivity index (χ1v) is 9.27. The predicted octanol–water partition coefficient (Wildman–Crippen LogP) is 0.562. The molecule has 0 saturated carbocycles. The maximum absolute atomic E-state index is 12.6. The zero-order chi connectivity index (χ0) is 18.4. The first-order chi connectivity index (χ1) is 12.7. The number of morpholine rings is 2. The van der Waals surface area contributed by atoms with E-state index in [4.69, 9.17) is 14.2 Å². The van der Waals surface area contributed by atoms with Crippen molar-refractivity contribution in [2.45, 2.75) is 25.1 Å². The van der Waals surface area contributed by atoms with Crippen molar-refractivity contribution in [3.8, 4) is 5.75 Å². The lowest BCUT2D eigenvalue weighted by molar-refractivity contribution is -0.129. The second kappa shape index (κ2) is 9.32. The Morgan fingerprint density at radius 3 is 2.69 bits per heavy atom. The van der Waals surface area contributed by atoms with Crippen molar-refractivity contribution in [2.24, 2.45) is 0 Å². The van der Waals surface area contributed by atoms with Gasteiger partial charge in [-0.2, -0.15) is 0 Å². The summed E-state index contributed by atoms with van der Waals surface area (Å²) in [6, 6.07) is 7.86. The average Bonchev–Trinajstić information content (AvgIpc) is 2.69. The molecule has 1 amide bonds. The number of ether oxygens (including phenoxy) is 3. The van der Waals surface area contributed by atoms with Crippen LogP contribution in [0.1, 0.15) is 18.5 Å². The van der Waals surface area contributed by atoms with Crippen molar-refractivity contribution >= 4 is 5.91 Å². The molecule has 2 saturated heterocycles. The van der Waals surface area contributed by atoms with Crippen LogP contribution in [-0.4, -0.2) is 76.1 Å². The van der Waals surface area contributed by atoms with Crippen molar-refractivity contribution < 1.29 is 19.0 Å². The molecule has 0 aliphatic carbocycles. The van der Waals surface area contributed by atoms with Crippen molar-refractivity contribution in [3.63, 3.8) is 0 Å². The molecule has 26 heavy (non-hydrogen) atoms. The summed E-state index contributed by atoms with van der Waals surface area (Å²) in [4.78, 5) is 15.0. The fourth-order valence-electron chi connectivity index (χ4n) is 3.51. The molecule has 7 nitrogen and oxygen atoms in total. The van der Waals surface area contributed by atoms with Crippen LogP contribution in [-0.2, 0) is 14.3 Å². The van der Waals surface area contributed by atoms with Gasteiger partial charge in [-0.15, -0.1) is 0 Å². The molecule has 0 spiro atoms. The molecule has 0 bridgehead atoms. The second-order valence-corrected chi connectivity index (χ2v) is 6.69. The Morgan fingerprint density at radius 2 is 2.04 bits per heavy atom. The highest BCUT2D eigenvalue weighted by molar-refractivity contribution is 5.82. The van der Waals surface area contributed by atoms with Gasteiger partial charge in [-0.3, -0.25) is 9.69 Å². The number of methoxy groups -OCH3 is 1. The van der Waals surface area contributed by atoms with Gasteiger partial charge in [-0.1, -0.05) is 12.1 Å². The fourth-order valence-corrected chi connectivity index (χ4v) is 3.51. The van der Waals surface area contributed by atoms with E-state index in [1.807, 2.05) is 19.1 Å². The number of hydrogen-bond acceptors (Lipinski definition) is 6. The normalized spacial score (nSPS) is 25.5. The molecule has 2 aliphatic rings. The van der Waals surface area contributed by atoms with Crippen LogP contribution in [0, 0.1) is 0 Å². The lowest BCUT2D eigenvalue weighted by Gasteiger charge is -2.36. The maximum Gasteiger partial charge on any atom is 0.239 e. The van der Waals surface area contributed by atoms with Gasteiger partial charge in [-0.05, 0) is 24.6 Å². The number of carbonyl (C=O) groups excluding carboxylic acids is 1. The molecule has 144 valence electrons. The Labute approximate surface area is 155 Å². The number of nitrogens with zero attached hydrogens (tertiary/aromatic N) is 1. The van der Waals surface area contributed by atoms with E-state index in [0.717, 1.165) is 37.6 Å². The lowest BCUT2D eigenvalue weighted by Crippen LogP contribution is -2.56. The number of carbonyl (C=O) groups is 1. The quantitative estimate of drug-likeness (QED) is 0.770. The van der Waals surface area contributed by atoms with Crippen molar-refractivity contribution in [3.05, 3.63) is 29.8 Å². The van der Waals surface area contributed by atoms with Gasteiger partial charge in [0.1, 0.15) is 11.8 Å². The highest BCUT2D eigenvalue weighted by atomic mass is 16.5. The molecule has 2 heterocycles. The summed E-state index contributed by atoms with van der Waals surface area (Å²) in [7, 11) is 1.66. The third-order valence-electron chi connectivity index (χ3n) is 5.06. The molecule has 0 radical (unpaired) electrons. The third-order valence-corrected chi connectivity index (χ3v) is 5.06. The maximum atomic E-state index is 12.6. The van der Waals surface area contributed by atoms with Gasteiger partial charge in [0, 0.05) is 26.2 Å². The number of hydrogen-bond donors (Lipinski definition) is 2. The predicted molar refractivity (Wildman–Crippen MR) is 98.3 cm³/mol. The van der Waals surface area contributed by atoms with Gasteiger partial charge in [0.2, 0.25) is 5.91 Å². The summed E-state index contributed by atoms with van der Waals surface area (Å²) >= 11 is 0. The van der Waals surface area contributed by atoms with Gasteiger partial charge in [-0.25, -0.2) is 0 Å². The summed E-state index contributed by atoms with van der Waals surface area (Å²) in [5.74, 6) is 0.819. The Kier molecular flexibility index (Phi) is 6.85. The molecule has 1 aromatic rings. The van der Waals surface area contributed by atoms with Crippen LogP contribution >= 0.6 is 0 Å². The summed E-state index contributed by atoms with van der Waals surface area (Å²) in [5, 5.41) is 6.35. The summed E-state index contributed by atoms with van der Waals surface area (Å²) in [5.41, 5.74) is 1.16. The average molecular weight is 363 g/mol. The Morgan fingerprint density at radius 1 is 1.31 bits per heavy atom. The molecular weight excluding hydrogens is 334 g/mol. The minimum atomic E-state index is -0.301. The molecule has 7 heteroatoms. The minimum absolute atomic E-state index is 0.0102. The van der Waals surface area contributed by atoms with Crippen LogP contribution in [0.15, 0.2) is 24.3 Å². The summed E-state index contributed by atoms with van der Waals surface area (Å²) < 4.78 is 16.3. The topological polar surface area (TPSA) is 72.1 Å². The highest BCUT2D eigenvalue weighted by Crippen LogP contribution is 2.23. The van der Waals surface area contributed by atoms with E-state index >= 15 is 0 Å². The van der Waals surface area contributed by atoms with E-state index < -0.39 is 0 Å². The zero-order valence-electron chi connectivity index (χ0n) is 15.6. The molecule has 1 unspecified atom stereocenters. The van der Waals surface area contributed by atoms with Crippen molar-refractivity contribution in [2.75, 3.05) is 53.1 Å². The van der Waals surface area contributed by atoms with Crippen LogP contribution in [0.5, 0.6) is 5.75 Å². The smallest absolute Gasteiger partial charge is 0.239 e. The molecule has 0 aromatic heterocycles. The van der Waals surface area contributed by atoms with Gasteiger partial charge in [0.05, 0.1) is 39.1 Å². The van der Waals surface area contributed by atoms with Gasteiger partial charge in [0.25, 0.3) is 0 Å². The second-order valence-electron chi connectivity index (χ2n) is 6.69. The Balaban J connectivity index is 1.67. The standard InChI is InChI=1S/C19H29N3O4/c1-14-18(20-7-10-26-14)19(23)21-13-17(22-8-11-25-12-9-22)15-3-5-16(24-2)6-4-15/h3-6,14,17-18,20H,7-13H2,1-2H3,(H,21,23)/t14-,17?,18+/m1/s1. The van der Waals surface area contributed by atoms with E-state index in [1.165, 1.54) is 0 Å². The minimum Gasteiger partial charge on any atom is -0.497 e. The molecular formula is C19H29N3O4. The first kappa shape index (κ1) is 19.1. The molecule has 3 atom stereocenters. The number of rotatable bonds is 6. The zero-order valence-corrected chi connectivity index (χ0v) is 15.6. The number of amides is 1. The van der Waals surface area contributed by atoms with E-state index in [2.05, 4.69) is 27.7 Å². The molecule has 2 fully saturated rings.